The lowest BCUT2D eigenvalue weighted by atomic mass is 10.0. The molecular formula is C26H32FN5O3. The number of aryl methyl sites for hydroxylation is 1. The van der Waals surface area contributed by atoms with Gasteiger partial charge in [-0.15, -0.1) is 0 Å². The maximum absolute atomic E-state index is 14.6. The highest BCUT2D eigenvalue weighted by Crippen LogP contribution is 2.32. The van der Waals surface area contributed by atoms with Gasteiger partial charge in [0.05, 0.1) is 35.5 Å². The predicted molar refractivity (Wildman–Crippen MR) is 134 cm³/mol. The molecule has 9 heteroatoms. The molecule has 0 radical (unpaired) electrons. The number of halogens is 1. The quantitative estimate of drug-likeness (QED) is 0.538. The van der Waals surface area contributed by atoms with Crippen LogP contribution in [-0.4, -0.2) is 64.7 Å². The molecule has 1 aliphatic heterocycles. The van der Waals surface area contributed by atoms with E-state index in [4.69, 9.17) is 4.74 Å². The molecule has 0 spiro atoms. The van der Waals surface area contributed by atoms with Crippen molar-refractivity contribution in [2.45, 2.75) is 39.8 Å². The molecule has 2 N–H and O–H groups in total. The molecule has 1 fully saturated rings. The molecule has 2 amide bonds. The van der Waals surface area contributed by atoms with Crippen LogP contribution < -0.4 is 10.6 Å². The van der Waals surface area contributed by atoms with Crippen LogP contribution in [0.25, 0.3) is 22.4 Å². The summed E-state index contributed by atoms with van der Waals surface area (Å²) in [6.45, 7) is 11.5. The van der Waals surface area contributed by atoms with E-state index in [0.29, 0.717) is 60.0 Å². The Labute approximate surface area is 204 Å². The van der Waals surface area contributed by atoms with E-state index in [-0.39, 0.29) is 23.2 Å². The van der Waals surface area contributed by atoms with E-state index >= 15 is 0 Å². The van der Waals surface area contributed by atoms with Crippen LogP contribution in [0, 0.1) is 5.82 Å². The van der Waals surface area contributed by atoms with Crippen molar-refractivity contribution >= 4 is 28.5 Å². The van der Waals surface area contributed by atoms with E-state index < -0.39 is 0 Å². The SMILES string of the molecule is CCn1c(-c2ccccc2F)nc2cc(C(=O)NCC(C)(C)N3CCOCC3)cc(NC(C)=O)c21. The summed E-state index contributed by atoms with van der Waals surface area (Å²) < 4.78 is 21.9. The van der Waals surface area contributed by atoms with Crippen LogP contribution >= 0.6 is 0 Å². The molecule has 3 aromatic rings. The summed E-state index contributed by atoms with van der Waals surface area (Å²) in [5.74, 6) is -0.480. The fourth-order valence-corrected chi connectivity index (χ4v) is 4.52. The molecule has 8 nitrogen and oxygen atoms in total. The largest absolute Gasteiger partial charge is 0.379 e. The summed E-state index contributed by atoms with van der Waals surface area (Å²) in [5, 5.41) is 5.85. The fraction of sp³-hybridized carbons (Fsp3) is 0.423. The monoisotopic (exact) mass is 481 g/mol. The first-order valence-electron chi connectivity index (χ1n) is 11.9. The Hall–Kier alpha value is -3.30. The molecule has 0 bridgehead atoms. The van der Waals surface area contributed by atoms with Crippen LogP contribution in [0.3, 0.4) is 0 Å². The first-order valence-corrected chi connectivity index (χ1v) is 11.9. The minimum atomic E-state index is -0.387. The Kier molecular flexibility index (Phi) is 7.18. The number of aromatic nitrogens is 2. The maximum Gasteiger partial charge on any atom is 0.251 e. The third kappa shape index (κ3) is 5.21. The molecule has 1 saturated heterocycles. The highest BCUT2D eigenvalue weighted by molar-refractivity contribution is 6.05. The average Bonchev–Trinajstić information content (AvgIpc) is 3.21. The number of hydrogen-bond acceptors (Lipinski definition) is 5. The van der Waals surface area contributed by atoms with Crippen molar-refractivity contribution < 1.29 is 18.7 Å². The summed E-state index contributed by atoms with van der Waals surface area (Å²) >= 11 is 0. The van der Waals surface area contributed by atoms with E-state index in [1.807, 2.05) is 11.5 Å². The number of hydrogen-bond donors (Lipinski definition) is 2. The third-order valence-corrected chi connectivity index (χ3v) is 6.39. The summed E-state index contributed by atoms with van der Waals surface area (Å²) in [6.07, 6.45) is 0. The number of morpholine rings is 1. The second-order valence-electron chi connectivity index (χ2n) is 9.33. The zero-order chi connectivity index (χ0) is 25.2. The first-order chi connectivity index (χ1) is 16.7. The zero-order valence-electron chi connectivity index (χ0n) is 20.7. The highest BCUT2D eigenvalue weighted by Gasteiger charge is 2.29. The van der Waals surface area contributed by atoms with Crippen LogP contribution in [0.5, 0.6) is 0 Å². The van der Waals surface area contributed by atoms with Crippen molar-refractivity contribution in [1.29, 1.82) is 0 Å². The Morgan fingerprint density at radius 1 is 1.17 bits per heavy atom. The van der Waals surface area contributed by atoms with Gasteiger partial charge in [-0.1, -0.05) is 12.1 Å². The van der Waals surface area contributed by atoms with E-state index in [0.717, 1.165) is 13.1 Å². The summed E-state index contributed by atoms with van der Waals surface area (Å²) in [7, 11) is 0. The van der Waals surface area contributed by atoms with E-state index in [1.165, 1.54) is 13.0 Å². The van der Waals surface area contributed by atoms with Crippen LogP contribution in [0.4, 0.5) is 10.1 Å². The molecule has 2 aromatic carbocycles. The summed E-state index contributed by atoms with van der Waals surface area (Å²) in [5.41, 5.74) is 2.10. The molecule has 0 unspecified atom stereocenters. The van der Waals surface area contributed by atoms with Crippen LogP contribution in [0.15, 0.2) is 36.4 Å². The minimum absolute atomic E-state index is 0.244. The standard InChI is InChI=1S/C26H32FN5O3/c1-5-32-23-21(29-17(2)33)14-18(15-22(23)30-24(32)19-8-6-7-9-20(19)27)25(34)28-16-26(3,4)31-10-12-35-13-11-31/h6-9,14-15H,5,10-13,16H2,1-4H3,(H,28,34)(H,29,33). The molecule has 0 atom stereocenters. The van der Waals surface area contributed by atoms with Crippen molar-refractivity contribution in [1.82, 2.24) is 19.8 Å². The molecule has 2 heterocycles. The van der Waals surface area contributed by atoms with Gasteiger partial charge < -0.3 is 19.9 Å². The van der Waals surface area contributed by atoms with Gasteiger partial charge in [0, 0.05) is 44.2 Å². The van der Waals surface area contributed by atoms with Gasteiger partial charge in [-0.2, -0.15) is 0 Å². The van der Waals surface area contributed by atoms with Crippen molar-refractivity contribution in [3.05, 3.63) is 47.8 Å². The van der Waals surface area contributed by atoms with Crippen LogP contribution in [0.2, 0.25) is 0 Å². The summed E-state index contributed by atoms with van der Waals surface area (Å²) in [6, 6.07) is 9.78. The lowest BCUT2D eigenvalue weighted by Crippen LogP contribution is -2.55. The van der Waals surface area contributed by atoms with Crippen molar-refractivity contribution in [2.75, 3.05) is 38.2 Å². The Morgan fingerprint density at radius 2 is 1.89 bits per heavy atom. The fourth-order valence-electron chi connectivity index (χ4n) is 4.52. The minimum Gasteiger partial charge on any atom is -0.379 e. The topological polar surface area (TPSA) is 88.5 Å². The lowest BCUT2D eigenvalue weighted by Gasteiger charge is -2.40. The molecule has 0 aliphatic carbocycles. The Bertz CT molecular complexity index is 1250. The average molecular weight is 482 g/mol. The number of benzene rings is 2. The smallest absolute Gasteiger partial charge is 0.251 e. The number of nitrogens with zero attached hydrogens (tertiary/aromatic N) is 3. The van der Waals surface area contributed by atoms with Crippen LogP contribution in [-0.2, 0) is 16.1 Å². The number of amides is 2. The number of ether oxygens (including phenoxy) is 1. The molecule has 4 rings (SSSR count). The normalized spacial score (nSPS) is 14.8. The van der Waals surface area contributed by atoms with Crippen LogP contribution in [0.1, 0.15) is 38.1 Å². The van der Waals surface area contributed by atoms with E-state index in [1.54, 1.807) is 30.3 Å². The Balaban J connectivity index is 1.70. The van der Waals surface area contributed by atoms with Gasteiger partial charge in [-0.3, -0.25) is 14.5 Å². The Morgan fingerprint density at radius 3 is 2.54 bits per heavy atom. The second-order valence-corrected chi connectivity index (χ2v) is 9.33. The number of rotatable bonds is 7. The molecule has 1 aliphatic rings. The van der Waals surface area contributed by atoms with Gasteiger partial charge in [-0.25, -0.2) is 9.37 Å². The molecule has 35 heavy (non-hydrogen) atoms. The van der Waals surface area contributed by atoms with Crippen molar-refractivity contribution in [2.24, 2.45) is 0 Å². The van der Waals surface area contributed by atoms with Gasteiger partial charge in [0.2, 0.25) is 5.91 Å². The number of nitrogens with one attached hydrogen (secondary N) is 2. The number of carbonyl (C=O) groups excluding carboxylic acids is 2. The molecular weight excluding hydrogens is 449 g/mol. The highest BCUT2D eigenvalue weighted by atomic mass is 19.1. The van der Waals surface area contributed by atoms with Gasteiger partial charge in [-0.05, 0) is 45.0 Å². The number of imidazole rings is 1. The third-order valence-electron chi connectivity index (χ3n) is 6.39. The van der Waals surface area contributed by atoms with Crippen molar-refractivity contribution in [3.63, 3.8) is 0 Å². The first kappa shape index (κ1) is 24.8. The molecule has 186 valence electrons. The van der Waals surface area contributed by atoms with Gasteiger partial charge in [0.25, 0.3) is 5.91 Å². The zero-order valence-corrected chi connectivity index (χ0v) is 20.7. The van der Waals surface area contributed by atoms with E-state index in [2.05, 4.69) is 34.4 Å². The van der Waals surface area contributed by atoms with E-state index in [9.17, 15) is 14.0 Å². The maximum atomic E-state index is 14.6. The number of fused-ring (bicyclic) bond motifs is 1. The summed E-state index contributed by atoms with van der Waals surface area (Å²) in [4.78, 5) is 32.1. The molecule has 1 aromatic heterocycles. The van der Waals surface area contributed by atoms with Crippen molar-refractivity contribution in [3.8, 4) is 11.4 Å². The second kappa shape index (κ2) is 10.1. The predicted octanol–water partition coefficient (Wildman–Crippen LogP) is 3.66. The number of anilines is 1. The molecule has 0 saturated carbocycles. The van der Waals surface area contributed by atoms with Gasteiger partial charge >= 0.3 is 0 Å². The lowest BCUT2D eigenvalue weighted by molar-refractivity contribution is -0.114. The van der Waals surface area contributed by atoms with Gasteiger partial charge in [0.1, 0.15) is 11.6 Å². The number of carbonyl (C=O) groups is 2. The van der Waals surface area contributed by atoms with Gasteiger partial charge in [0.15, 0.2) is 0 Å².